The van der Waals surface area contributed by atoms with E-state index in [-0.39, 0.29) is 0 Å². The van der Waals surface area contributed by atoms with E-state index in [0.717, 1.165) is 11.6 Å². The minimum absolute atomic E-state index is 0.360. The van der Waals surface area contributed by atoms with E-state index in [0.29, 0.717) is 18.2 Å². The van der Waals surface area contributed by atoms with Crippen molar-refractivity contribution in [2.75, 3.05) is 11.9 Å². The second-order valence-corrected chi connectivity index (χ2v) is 4.02. The van der Waals surface area contributed by atoms with Gasteiger partial charge in [-0.25, -0.2) is 0 Å². The van der Waals surface area contributed by atoms with Gasteiger partial charge in [-0.3, -0.25) is 0 Å². The lowest BCUT2D eigenvalue weighted by molar-refractivity contribution is 0.645. The van der Waals surface area contributed by atoms with Crippen molar-refractivity contribution >= 4 is 5.69 Å². The van der Waals surface area contributed by atoms with E-state index in [1.807, 2.05) is 18.2 Å². The van der Waals surface area contributed by atoms with Gasteiger partial charge >= 0.3 is 0 Å². The molecular weight excluding hydrogens is 186 g/mol. The highest BCUT2D eigenvalue weighted by atomic mass is 15.0. The zero-order valence-electron chi connectivity index (χ0n) is 8.61. The van der Waals surface area contributed by atoms with Gasteiger partial charge in [-0.05, 0) is 37.0 Å². The SMILES string of the molecule is N#Cc1cccc(NC(CN)C2CC2)c1. The summed E-state index contributed by atoms with van der Waals surface area (Å²) < 4.78 is 0. The molecule has 15 heavy (non-hydrogen) atoms. The Bertz CT molecular complexity index is 377. The maximum Gasteiger partial charge on any atom is 0.0992 e. The van der Waals surface area contributed by atoms with Gasteiger partial charge in [0.05, 0.1) is 11.6 Å². The molecule has 0 aliphatic heterocycles. The van der Waals surface area contributed by atoms with Crippen molar-refractivity contribution in [2.45, 2.75) is 18.9 Å². The Labute approximate surface area is 89.9 Å². The van der Waals surface area contributed by atoms with E-state index >= 15 is 0 Å². The lowest BCUT2D eigenvalue weighted by Crippen LogP contribution is -2.30. The molecule has 1 saturated carbocycles. The zero-order valence-corrected chi connectivity index (χ0v) is 8.61. The van der Waals surface area contributed by atoms with Crippen molar-refractivity contribution < 1.29 is 0 Å². The predicted molar refractivity (Wildman–Crippen MR) is 60.3 cm³/mol. The van der Waals surface area contributed by atoms with E-state index in [2.05, 4.69) is 11.4 Å². The van der Waals surface area contributed by atoms with Crippen molar-refractivity contribution in [3.05, 3.63) is 29.8 Å². The van der Waals surface area contributed by atoms with Crippen LogP contribution in [0.15, 0.2) is 24.3 Å². The fourth-order valence-electron chi connectivity index (χ4n) is 1.76. The number of nitriles is 1. The van der Waals surface area contributed by atoms with Crippen molar-refractivity contribution in [3.8, 4) is 6.07 Å². The molecule has 1 fully saturated rings. The van der Waals surface area contributed by atoms with Gasteiger partial charge in [0, 0.05) is 18.3 Å². The van der Waals surface area contributed by atoms with Crippen molar-refractivity contribution in [1.29, 1.82) is 5.26 Å². The molecule has 3 nitrogen and oxygen atoms in total. The summed E-state index contributed by atoms with van der Waals surface area (Å²) in [6.45, 7) is 0.654. The average Bonchev–Trinajstić information content (AvgIpc) is 3.10. The second kappa shape index (κ2) is 4.33. The van der Waals surface area contributed by atoms with Crippen LogP contribution in [0, 0.1) is 17.2 Å². The number of hydrogen-bond donors (Lipinski definition) is 2. The number of nitrogens with one attached hydrogen (secondary N) is 1. The van der Waals surface area contributed by atoms with Gasteiger partial charge in [-0.15, -0.1) is 0 Å². The summed E-state index contributed by atoms with van der Waals surface area (Å²) in [4.78, 5) is 0. The summed E-state index contributed by atoms with van der Waals surface area (Å²) in [5.74, 6) is 0.723. The van der Waals surface area contributed by atoms with Gasteiger partial charge in [0.15, 0.2) is 0 Å². The average molecular weight is 201 g/mol. The zero-order chi connectivity index (χ0) is 10.7. The molecule has 3 N–H and O–H groups in total. The van der Waals surface area contributed by atoms with Crippen molar-refractivity contribution in [1.82, 2.24) is 0 Å². The molecular formula is C12H15N3. The molecule has 0 radical (unpaired) electrons. The minimum Gasteiger partial charge on any atom is -0.381 e. The van der Waals surface area contributed by atoms with Crippen molar-refractivity contribution in [3.63, 3.8) is 0 Å². The molecule has 2 rings (SSSR count). The molecule has 0 heterocycles. The molecule has 0 amide bonds. The summed E-state index contributed by atoms with van der Waals surface area (Å²) in [5, 5.41) is 12.2. The molecule has 1 atom stereocenters. The number of nitrogens with two attached hydrogens (primary N) is 1. The van der Waals surface area contributed by atoms with E-state index in [1.165, 1.54) is 12.8 Å². The molecule has 3 heteroatoms. The predicted octanol–water partition coefficient (Wildman–Crippen LogP) is 1.71. The van der Waals surface area contributed by atoms with Crippen LogP contribution < -0.4 is 11.1 Å². The number of anilines is 1. The molecule has 1 unspecified atom stereocenters. The Kier molecular flexibility index (Phi) is 2.89. The van der Waals surface area contributed by atoms with Gasteiger partial charge in [0.2, 0.25) is 0 Å². The lowest BCUT2D eigenvalue weighted by atomic mass is 10.1. The number of benzene rings is 1. The van der Waals surface area contributed by atoms with Crippen LogP contribution in [0.5, 0.6) is 0 Å². The molecule has 78 valence electrons. The van der Waals surface area contributed by atoms with Crippen LogP contribution in [0.3, 0.4) is 0 Å². The van der Waals surface area contributed by atoms with Crippen LogP contribution in [0.25, 0.3) is 0 Å². The Morgan fingerprint density at radius 1 is 1.53 bits per heavy atom. The highest BCUT2D eigenvalue weighted by molar-refractivity contribution is 5.50. The maximum absolute atomic E-state index is 8.77. The summed E-state index contributed by atoms with van der Waals surface area (Å²) in [5.41, 5.74) is 7.39. The Morgan fingerprint density at radius 2 is 2.33 bits per heavy atom. The van der Waals surface area contributed by atoms with Gasteiger partial charge in [-0.2, -0.15) is 5.26 Å². The van der Waals surface area contributed by atoms with E-state index in [1.54, 1.807) is 6.07 Å². The Morgan fingerprint density at radius 3 is 2.93 bits per heavy atom. The fourth-order valence-corrected chi connectivity index (χ4v) is 1.76. The smallest absolute Gasteiger partial charge is 0.0992 e. The minimum atomic E-state index is 0.360. The van der Waals surface area contributed by atoms with Crippen LogP contribution in [0.2, 0.25) is 0 Å². The molecule has 0 aromatic heterocycles. The Balaban J connectivity index is 2.05. The summed E-state index contributed by atoms with van der Waals surface area (Å²) >= 11 is 0. The third-order valence-electron chi connectivity index (χ3n) is 2.79. The third kappa shape index (κ3) is 2.48. The summed E-state index contributed by atoms with van der Waals surface area (Å²) in [7, 11) is 0. The largest absolute Gasteiger partial charge is 0.381 e. The number of nitrogens with zero attached hydrogens (tertiary/aromatic N) is 1. The highest BCUT2D eigenvalue weighted by Gasteiger charge is 2.29. The first-order chi connectivity index (χ1) is 7.33. The quantitative estimate of drug-likeness (QED) is 0.779. The molecule has 1 aromatic rings. The molecule has 0 saturated heterocycles. The van der Waals surface area contributed by atoms with Crippen LogP contribution in [0.4, 0.5) is 5.69 Å². The van der Waals surface area contributed by atoms with Crippen LogP contribution >= 0.6 is 0 Å². The van der Waals surface area contributed by atoms with Crippen molar-refractivity contribution in [2.24, 2.45) is 11.7 Å². The highest BCUT2D eigenvalue weighted by Crippen LogP contribution is 2.33. The summed E-state index contributed by atoms with van der Waals surface area (Å²) in [6, 6.07) is 10.0. The molecule has 0 spiro atoms. The van der Waals surface area contributed by atoms with E-state index < -0.39 is 0 Å². The van der Waals surface area contributed by atoms with E-state index in [9.17, 15) is 0 Å². The van der Waals surface area contributed by atoms with Gasteiger partial charge < -0.3 is 11.1 Å². The summed E-state index contributed by atoms with van der Waals surface area (Å²) in [6.07, 6.45) is 2.54. The molecule has 1 aromatic carbocycles. The monoisotopic (exact) mass is 201 g/mol. The number of hydrogen-bond acceptors (Lipinski definition) is 3. The fraction of sp³-hybridized carbons (Fsp3) is 0.417. The van der Waals surface area contributed by atoms with Gasteiger partial charge in [0.25, 0.3) is 0 Å². The molecule has 1 aliphatic rings. The van der Waals surface area contributed by atoms with Crippen LogP contribution in [-0.2, 0) is 0 Å². The lowest BCUT2D eigenvalue weighted by Gasteiger charge is -2.17. The molecule has 0 bridgehead atoms. The second-order valence-electron chi connectivity index (χ2n) is 4.02. The topological polar surface area (TPSA) is 61.8 Å². The maximum atomic E-state index is 8.77. The normalized spacial score (nSPS) is 16.8. The first-order valence-electron chi connectivity index (χ1n) is 5.30. The number of rotatable bonds is 4. The standard InChI is InChI=1S/C12H15N3/c13-7-9-2-1-3-11(6-9)15-12(8-14)10-4-5-10/h1-3,6,10,12,15H,4-5,8,14H2. The first kappa shape index (κ1) is 10.0. The third-order valence-corrected chi connectivity index (χ3v) is 2.79. The van der Waals surface area contributed by atoms with Crippen LogP contribution in [0.1, 0.15) is 18.4 Å². The van der Waals surface area contributed by atoms with E-state index in [4.69, 9.17) is 11.0 Å². The van der Waals surface area contributed by atoms with Gasteiger partial charge in [0.1, 0.15) is 0 Å². The first-order valence-corrected chi connectivity index (χ1v) is 5.30. The Hall–Kier alpha value is -1.53. The molecule has 1 aliphatic carbocycles. The van der Waals surface area contributed by atoms with Crippen LogP contribution in [-0.4, -0.2) is 12.6 Å². The van der Waals surface area contributed by atoms with Gasteiger partial charge in [-0.1, -0.05) is 6.07 Å².